The van der Waals surface area contributed by atoms with E-state index in [0.717, 1.165) is 39.0 Å². The topological polar surface area (TPSA) is 16.4 Å². The lowest BCUT2D eigenvalue weighted by Gasteiger charge is -2.28. The largest absolute Gasteiger partial charge is 0.456 e. The second kappa shape index (κ2) is 11.3. The zero-order valence-corrected chi connectivity index (χ0v) is 28.6. The van der Waals surface area contributed by atoms with E-state index in [-0.39, 0.29) is 5.41 Å². The molecule has 51 heavy (non-hydrogen) atoms. The van der Waals surface area contributed by atoms with E-state index < -0.39 is 0 Å². The van der Waals surface area contributed by atoms with Gasteiger partial charge in [0.25, 0.3) is 0 Å². The van der Waals surface area contributed by atoms with Crippen LogP contribution in [0.3, 0.4) is 0 Å². The molecule has 0 saturated carbocycles. The molecule has 0 aliphatic heterocycles. The highest BCUT2D eigenvalue weighted by atomic mass is 16.3. The fourth-order valence-corrected chi connectivity index (χ4v) is 8.33. The Balaban J connectivity index is 1.20. The Morgan fingerprint density at radius 2 is 1.08 bits per heavy atom. The molecule has 10 rings (SSSR count). The van der Waals surface area contributed by atoms with E-state index >= 15 is 0 Å². The molecule has 0 atom stereocenters. The van der Waals surface area contributed by atoms with Crippen molar-refractivity contribution in [3.8, 4) is 33.4 Å². The molecule has 0 fully saturated rings. The van der Waals surface area contributed by atoms with Gasteiger partial charge in [-0.3, -0.25) is 0 Å². The van der Waals surface area contributed by atoms with Crippen LogP contribution < -0.4 is 4.90 Å². The first kappa shape index (κ1) is 29.5. The van der Waals surface area contributed by atoms with E-state index in [1.165, 1.54) is 55.3 Å². The summed E-state index contributed by atoms with van der Waals surface area (Å²) in [5.41, 5.74) is 15.3. The first-order chi connectivity index (χ1) is 25.0. The fourth-order valence-electron chi connectivity index (χ4n) is 8.33. The third-order valence-electron chi connectivity index (χ3n) is 10.9. The predicted molar refractivity (Wildman–Crippen MR) is 214 cm³/mol. The summed E-state index contributed by atoms with van der Waals surface area (Å²) in [5, 5.41) is 4.65. The smallest absolute Gasteiger partial charge is 0.135 e. The van der Waals surface area contributed by atoms with Crippen molar-refractivity contribution in [3.63, 3.8) is 0 Å². The molecule has 2 heteroatoms. The van der Waals surface area contributed by atoms with E-state index in [1.54, 1.807) is 0 Å². The number of para-hydroxylation sites is 1. The van der Waals surface area contributed by atoms with Crippen LogP contribution >= 0.6 is 0 Å². The minimum absolute atomic E-state index is 0.0787. The average molecular weight is 654 g/mol. The summed E-state index contributed by atoms with van der Waals surface area (Å²) in [6.07, 6.45) is 0. The number of nitrogens with zero attached hydrogens (tertiary/aromatic N) is 1. The molecule has 0 radical (unpaired) electrons. The van der Waals surface area contributed by atoms with Crippen LogP contribution in [0.5, 0.6) is 0 Å². The summed E-state index contributed by atoms with van der Waals surface area (Å²) in [5.74, 6) is 0. The normalized spacial score (nSPS) is 13.1. The van der Waals surface area contributed by atoms with Gasteiger partial charge in [-0.05, 0) is 98.4 Å². The number of rotatable bonds is 5. The van der Waals surface area contributed by atoms with Crippen LogP contribution in [-0.4, -0.2) is 0 Å². The molecule has 0 amide bonds. The Morgan fingerprint density at radius 3 is 1.94 bits per heavy atom. The van der Waals surface area contributed by atoms with Crippen molar-refractivity contribution in [2.75, 3.05) is 4.90 Å². The highest BCUT2D eigenvalue weighted by Gasteiger charge is 2.35. The summed E-state index contributed by atoms with van der Waals surface area (Å²) in [4.78, 5) is 2.41. The van der Waals surface area contributed by atoms with Gasteiger partial charge in [-0.1, -0.05) is 141 Å². The monoisotopic (exact) mass is 653 g/mol. The quantitative estimate of drug-likeness (QED) is 0.184. The summed E-state index contributed by atoms with van der Waals surface area (Å²) in [6.45, 7) is 4.71. The Hall–Kier alpha value is -6.38. The summed E-state index contributed by atoms with van der Waals surface area (Å²) in [6, 6.07) is 63.8. The maximum Gasteiger partial charge on any atom is 0.135 e. The van der Waals surface area contributed by atoms with E-state index in [1.807, 2.05) is 12.1 Å². The summed E-state index contributed by atoms with van der Waals surface area (Å²) in [7, 11) is 0. The molecule has 1 aliphatic rings. The maximum atomic E-state index is 6.27. The summed E-state index contributed by atoms with van der Waals surface area (Å²) < 4.78 is 6.27. The van der Waals surface area contributed by atoms with Crippen LogP contribution in [0.15, 0.2) is 180 Å². The summed E-state index contributed by atoms with van der Waals surface area (Å²) >= 11 is 0. The van der Waals surface area contributed by atoms with Crippen molar-refractivity contribution in [3.05, 3.63) is 187 Å². The van der Waals surface area contributed by atoms with Gasteiger partial charge in [-0.25, -0.2) is 0 Å². The Bertz CT molecular complexity index is 2770. The molecule has 0 spiro atoms. The van der Waals surface area contributed by atoms with Crippen LogP contribution in [0.1, 0.15) is 25.0 Å². The minimum Gasteiger partial charge on any atom is -0.456 e. The van der Waals surface area contributed by atoms with Crippen LogP contribution in [0.25, 0.3) is 66.1 Å². The molecule has 0 saturated heterocycles. The van der Waals surface area contributed by atoms with Crippen LogP contribution in [-0.2, 0) is 5.41 Å². The van der Waals surface area contributed by atoms with E-state index in [9.17, 15) is 0 Å². The molecule has 0 unspecified atom stereocenters. The molecule has 1 heterocycles. The zero-order chi connectivity index (χ0) is 34.1. The third kappa shape index (κ3) is 4.64. The lowest BCUT2D eigenvalue weighted by atomic mass is 9.81. The standard InChI is InChI=1S/C49H35NO/c1-49(2)43-19-8-6-16-39(43)40-28-24-35(30-44(40)49)38-18-10-14-34-15-11-20-45(48(34)38)50(36-25-22-33(23-26-36)32-12-4-3-5-13-32)37-27-29-47-42(31-37)41-17-7-9-21-46(41)51-47/h3-31H,1-2H3. The molecule has 242 valence electrons. The Morgan fingerprint density at radius 1 is 0.431 bits per heavy atom. The first-order valence-electron chi connectivity index (χ1n) is 17.7. The van der Waals surface area contributed by atoms with Crippen molar-refractivity contribution >= 4 is 49.8 Å². The van der Waals surface area contributed by atoms with Crippen LogP contribution in [0, 0.1) is 0 Å². The highest BCUT2D eigenvalue weighted by Crippen LogP contribution is 2.51. The lowest BCUT2D eigenvalue weighted by molar-refractivity contribution is 0.660. The number of fused-ring (bicyclic) bond motifs is 7. The molecule has 1 aliphatic carbocycles. The van der Waals surface area contributed by atoms with Gasteiger partial charge >= 0.3 is 0 Å². The molecule has 1 aromatic heterocycles. The van der Waals surface area contributed by atoms with Gasteiger partial charge in [0, 0.05) is 32.9 Å². The Kier molecular flexibility index (Phi) is 6.56. The fraction of sp³-hybridized carbons (Fsp3) is 0.0612. The lowest BCUT2D eigenvalue weighted by Crippen LogP contribution is -2.15. The molecular formula is C49H35NO. The number of furan rings is 1. The average Bonchev–Trinajstić information content (AvgIpc) is 3.67. The van der Waals surface area contributed by atoms with Gasteiger partial charge in [0.1, 0.15) is 11.2 Å². The number of anilines is 3. The van der Waals surface area contributed by atoms with Gasteiger partial charge < -0.3 is 9.32 Å². The molecule has 0 N–H and O–H groups in total. The number of hydrogen-bond acceptors (Lipinski definition) is 2. The van der Waals surface area contributed by atoms with Crippen molar-refractivity contribution in [1.82, 2.24) is 0 Å². The zero-order valence-electron chi connectivity index (χ0n) is 28.6. The second-order valence-corrected chi connectivity index (χ2v) is 14.1. The molecule has 2 nitrogen and oxygen atoms in total. The molecular weight excluding hydrogens is 619 g/mol. The van der Waals surface area contributed by atoms with Gasteiger partial charge in [0.05, 0.1) is 5.69 Å². The van der Waals surface area contributed by atoms with Gasteiger partial charge in [0.2, 0.25) is 0 Å². The maximum absolute atomic E-state index is 6.27. The van der Waals surface area contributed by atoms with E-state index in [4.69, 9.17) is 4.42 Å². The molecule has 8 aromatic carbocycles. The van der Waals surface area contributed by atoms with Gasteiger partial charge in [-0.2, -0.15) is 0 Å². The van der Waals surface area contributed by atoms with Crippen LogP contribution in [0.2, 0.25) is 0 Å². The van der Waals surface area contributed by atoms with Crippen molar-refractivity contribution in [1.29, 1.82) is 0 Å². The number of benzene rings is 8. The van der Waals surface area contributed by atoms with Crippen molar-refractivity contribution < 1.29 is 4.42 Å². The first-order valence-corrected chi connectivity index (χ1v) is 17.7. The molecule has 9 aromatic rings. The van der Waals surface area contributed by atoms with Crippen LogP contribution in [0.4, 0.5) is 17.1 Å². The Labute approximate surface area is 297 Å². The second-order valence-electron chi connectivity index (χ2n) is 14.1. The van der Waals surface area contributed by atoms with Gasteiger partial charge in [0.15, 0.2) is 0 Å². The predicted octanol–water partition coefficient (Wildman–Crippen LogP) is 13.8. The van der Waals surface area contributed by atoms with Crippen molar-refractivity contribution in [2.45, 2.75) is 19.3 Å². The third-order valence-corrected chi connectivity index (χ3v) is 10.9. The van der Waals surface area contributed by atoms with Crippen molar-refractivity contribution in [2.24, 2.45) is 0 Å². The number of hydrogen-bond donors (Lipinski definition) is 0. The van der Waals surface area contributed by atoms with E-state index in [2.05, 4.69) is 183 Å². The molecule has 0 bridgehead atoms. The minimum atomic E-state index is -0.0787. The highest BCUT2D eigenvalue weighted by molar-refractivity contribution is 6.10. The van der Waals surface area contributed by atoms with Gasteiger partial charge in [-0.15, -0.1) is 0 Å². The van der Waals surface area contributed by atoms with E-state index in [0.29, 0.717) is 0 Å². The SMILES string of the molecule is CC1(C)c2ccccc2-c2ccc(-c3cccc4cccc(N(c5ccc(-c6ccccc6)cc5)c5ccc6oc7ccccc7c6c5)c34)cc21.